The first-order valence-electron chi connectivity index (χ1n) is 6.92. The van der Waals surface area contributed by atoms with Crippen LogP contribution in [0.3, 0.4) is 0 Å². The predicted octanol–water partition coefficient (Wildman–Crippen LogP) is 2.73. The van der Waals surface area contributed by atoms with Crippen molar-refractivity contribution in [2.45, 2.75) is 26.8 Å². The van der Waals surface area contributed by atoms with Gasteiger partial charge in [-0.25, -0.2) is 9.37 Å². The van der Waals surface area contributed by atoms with Gasteiger partial charge in [0.1, 0.15) is 11.6 Å². The Kier molecular flexibility index (Phi) is 4.91. The quantitative estimate of drug-likeness (QED) is 0.828. The third-order valence-electron chi connectivity index (χ3n) is 3.14. The van der Waals surface area contributed by atoms with E-state index in [0.717, 1.165) is 37.4 Å². The zero-order chi connectivity index (χ0) is 13.7. The molecule has 2 heterocycles. The molecular weight excluding hydrogens is 241 g/mol. The van der Waals surface area contributed by atoms with Gasteiger partial charge in [0.2, 0.25) is 0 Å². The largest absolute Gasteiger partial charge is 0.352 e. The molecule has 1 aliphatic rings. The lowest BCUT2D eigenvalue weighted by molar-refractivity contribution is 0.548. The fraction of sp³-hybridized carbons (Fsp3) is 0.533. The highest BCUT2D eigenvalue weighted by molar-refractivity contribution is 5.48. The van der Waals surface area contributed by atoms with Crippen molar-refractivity contribution in [3.8, 4) is 0 Å². The molecule has 1 aliphatic heterocycles. The number of anilines is 1. The van der Waals surface area contributed by atoms with Crippen LogP contribution in [-0.2, 0) is 6.54 Å². The summed E-state index contributed by atoms with van der Waals surface area (Å²) in [6.07, 6.45) is 6.65. The normalized spacial score (nSPS) is 15.3. The summed E-state index contributed by atoms with van der Waals surface area (Å²) in [5.74, 6) is 1.22. The van der Waals surface area contributed by atoms with E-state index < -0.39 is 0 Å². The van der Waals surface area contributed by atoms with Crippen LogP contribution in [0.25, 0.3) is 0 Å². The number of nitrogens with one attached hydrogen (secondary N) is 1. The van der Waals surface area contributed by atoms with Crippen molar-refractivity contribution in [2.75, 3.05) is 24.5 Å². The highest BCUT2D eigenvalue weighted by Crippen LogP contribution is 2.20. The summed E-state index contributed by atoms with van der Waals surface area (Å²) in [5, 5.41) is 3.36. The van der Waals surface area contributed by atoms with E-state index >= 15 is 0 Å². The standard InChI is InChI=1S/C15H22FN3/c1-12(2)9-17-10-13-8-14(16)11-18-15(13)19-6-4-3-5-7-19/h3-4,8,11-12,17H,5-7,9-10H2,1-2H3. The van der Waals surface area contributed by atoms with Crippen molar-refractivity contribution in [2.24, 2.45) is 5.92 Å². The smallest absolute Gasteiger partial charge is 0.141 e. The first kappa shape index (κ1) is 14.0. The van der Waals surface area contributed by atoms with Crippen LogP contribution < -0.4 is 10.2 Å². The number of hydrogen-bond acceptors (Lipinski definition) is 3. The molecule has 0 saturated carbocycles. The van der Waals surface area contributed by atoms with E-state index in [-0.39, 0.29) is 5.82 Å². The number of rotatable bonds is 5. The highest BCUT2D eigenvalue weighted by atomic mass is 19.1. The zero-order valence-electron chi connectivity index (χ0n) is 11.7. The Morgan fingerprint density at radius 2 is 2.26 bits per heavy atom. The van der Waals surface area contributed by atoms with Gasteiger partial charge in [0.25, 0.3) is 0 Å². The van der Waals surface area contributed by atoms with Crippen molar-refractivity contribution in [3.05, 3.63) is 35.8 Å². The molecule has 2 rings (SSSR count). The molecule has 1 N–H and O–H groups in total. The van der Waals surface area contributed by atoms with Gasteiger partial charge in [-0.2, -0.15) is 0 Å². The van der Waals surface area contributed by atoms with E-state index in [9.17, 15) is 4.39 Å². The summed E-state index contributed by atoms with van der Waals surface area (Å²) in [6.45, 7) is 7.72. The topological polar surface area (TPSA) is 28.2 Å². The van der Waals surface area contributed by atoms with Crippen molar-refractivity contribution in [1.29, 1.82) is 0 Å². The van der Waals surface area contributed by atoms with Gasteiger partial charge < -0.3 is 10.2 Å². The first-order valence-corrected chi connectivity index (χ1v) is 6.92. The molecule has 0 fully saturated rings. The van der Waals surface area contributed by atoms with E-state index in [2.05, 4.69) is 41.2 Å². The maximum absolute atomic E-state index is 13.4. The van der Waals surface area contributed by atoms with E-state index in [1.54, 1.807) is 6.07 Å². The molecule has 0 unspecified atom stereocenters. The van der Waals surface area contributed by atoms with Crippen LogP contribution in [0, 0.1) is 11.7 Å². The molecule has 0 spiro atoms. The van der Waals surface area contributed by atoms with Crippen molar-refractivity contribution in [1.82, 2.24) is 10.3 Å². The average Bonchev–Trinajstić information content (AvgIpc) is 2.39. The zero-order valence-corrected chi connectivity index (χ0v) is 11.7. The molecule has 3 nitrogen and oxygen atoms in total. The molecule has 1 aromatic heterocycles. The summed E-state index contributed by atoms with van der Waals surface area (Å²) in [4.78, 5) is 6.48. The molecular formula is C15H22FN3. The molecule has 0 atom stereocenters. The van der Waals surface area contributed by atoms with Crippen LogP contribution in [0.1, 0.15) is 25.8 Å². The third kappa shape index (κ3) is 4.03. The molecule has 4 heteroatoms. The van der Waals surface area contributed by atoms with Gasteiger partial charge in [0, 0.05) is 25.2 Å². The minimum atomic E-state index is -0.266. The van der Waals surface area contributed by atoms with Gasteiger partial charge >= 0.3 is 0 Å². The molecule has 0 amide bonds. The predicted molar refractivity (Wildman–Crippen MR) is 76.7 cm³/mol. The van der Waals surface area contributed by atoms with Crippen LogP contribution >= 0.6 is 0 Å². The number of nitrogens with zero attached hydrogens (tertiary/aromatic N) is 2. The fourth-order valence-electron chi connectivity index (χ4n) is 2.22. The van der Waals surface area contributed by atoms with Crippen molar-refractivity contribution >= 4 is 5.82 Å². The first-order chi connectivity index (χ1) is 9.16. The number of hydrogen-bond donors (Lipinski definition) is 1. The summed E-state index contributed by atoms with van der Waals surface area (Å²) in [5.41, 5.74) is 0.941. The van der Waals surface area contributed by atoms with Crippen molar-refractivity contribution in [3.63, 3.8) is 0 Å². The molecule has 19 heavy (non-hydrogen) atoms. The van der Waals surface area contributed by atoms with Crippen LogP contribution in [0.5, 0.6) is 0 Å². The minimum absolute atomic E-state index is 0.266. The van der Waals surface area contributed by atoms with E-state index in [4.69, 9.17) is 0 Å². The second-order valence-corrected chi connectivity index (χ2v) is 5.37. The lowest BCUT2D eigenvalue weighted by atomic mass is 10.1. The maximum atomic E-state index is 13.4. The Labute approximate surface area is 114 Å². The Bertz CT molecular complexity index is 443. The molecule has 1 aromatic rings. The number of pyridine rings is 1. The molecule has 0 bridgehead atoms. The van der Waals surface area contributed by atoms with Crippen LogP contribution in [-0.4, -0.2) is 24.6 Å². The maximum Gasteiger partial charge on any atom is 0.141 e. The van der Waals surface area contributed by atoms with Gasteiger partial charge in [-0.3, -0.25) is 0 Å². The SMILES string of the molecule is CC(C)CNCc1cc(F)cnc1N1CC=CCC1. The average molecular weight is 263 g/mol. The number of aromatic nitrogens is 1. The molecule has 0 aromatic carbocycles. The van der Waals surface area contributed by atoms with E-state index in [0.29, 0.717) is 12.5 Å². The lowest BCUT2D eigenvalue weighted by Crippen LogP contribution is -2.30. The molecule has 0 saturated heterocycles. The third-order valence-corrected chi connectivity index (χ3v) is 3.14. The minimum Gasteiger partial charge on any atom is -0.352 e. The Morgan fingerprint density at radius 3 is 2.95 bits per heavy atom. The molecule has 0 aliphatic carbocycles. The van der Waals surface area contributed by atoms with Crippen LogP contribution in [0.2, 0.25) is 0 Å². The van der Waals surface area contributed by atoms with Gasteiger partial charge in [0.15, 0.2) is 0 Å². The van der Waals surface area contributed by atoms with Gasteiger partial charge in [-0.15, -0.1) is 0 Å². The van der Waals surface area contributed by atoms with E-state index in [1.807, 2.05) is 0 Å². The number of halogens is 1. The molecule has 0 radical (unpaired) electrons. The fourth-order valence-corrected chi connectivity index (χ4v) is 2.22. The lowest BCUT2D eigenvalue weighted by Gasteiger charge is -2.26. The summed E-state index contributed by atoms with van der Waals surface area (Å²) in [6, 6.07) is 1.59. The monoisotopic (exact) mass is 263 g/mol. The Morgan fingerprint density at radius 1 is 1.42 bits per heavy atom. The van der Waals surface area contributed by atoms with Crippen LogP contribution in [0.4, 0.5) is 10.2 Å². The van der Waals surface area contributed by atoms with Gasteiger partial charge in [-0.1, -0.05) is 26.0 Å². The van der Waals surface area contributed by atoms with E-state index in [1.165, 1.54) is 6.20 Å². The molecule has 104 valence electrons. The highest BCUT2D eigenvalue weighted by Gasteiger charge is 2.14. The summed E-state index contributed by atoms with van der Waals surface area (Å²) >= 11 is 0. The Balaban J connectivity index is 2.10. The van der Waals surface area contributed by atoms with Gasteiger partial charge in [-0.05, 0) is 24.9 Å². The van der Waals surface area contributed by atoms with Gasteiger partial charge in [0.05, 0.1) is 6.20 Å². The second kappa shape index (κ2) is 6.66. The van der Waals surface area contributed by atoms with Crippen LogP contribution in [0.15, 0.2) is 24.4 Å². The Hall–Kier alpha value is -1.42. The van der Waals surface area contributed by atoms with Crippen molar-refractivity contribution < 1.29 is 4.39 Å². The summed E-state index contributed by atoms with van der Waals surface area (Å²) < 4.78 is 13.4. The second-order valence-electron chi connectivity index (χ2n) is 5.37. The summed E-state index contributed by atoms with van der Waals surface area (Å²) in [7, 11) is 0.